The van der Waals surface area contributed by atoms with Gasteiger partial charge < -0.3 is 5.73 Å². The van der Waals surface area contributed by atoms with Gasteiger partial charge in [0, 0.05) is 16.3 Å². The number of thiophene rings is 1. The normalized spacial score (nSPS) is 10.4. The lowest BCUT2D eigenvalue weighted by atomic mass is 10.1. The number of ketones is 1. The molecule has 82 valence electrons. The van der Waals surface area contributed by atoms with Gasteiger partial charge >= 0.3 is 0 Å². The van der Waals surface area contributed by atoms with Crippen molar-refractivity contribution in [1.29, 1.82) is 0 Å². The number of hydrogen-bond donors (Lipinski definition) is 1. The third-order valence-electron chi connectivity index (χ3n) is 2.08. The Morgan fingerprint density at radius 2 is 2.00 bits per heavy atom. The Bertz CT molecular complexity index is 551. The molecule has 2 N–H and O–H groups in total. The summed E-state index contributed by atoms with van der Waals surface area (Å²) in [6.45, 7) is 0. The molecule has 1 heterocycles. The molecular formula is C11H7Cl2NOS. The van der Waals surface area contributed by atoms with Crippen molar-refractivity contribution in [2.45, 2.75) is 0 Å². The van der Waals surface area contributed by atoms with Gasteiger partial charge in [0.1, 0.15) is 0 Å². The largest absolute Gasteiger partial charge is 0.398 e. The lowest BCUT2D eigenvalue weighted by Gasteiger charge is -2.04. The summed E-state index contributed by atoms with van der Waals surface area (Å²) in [4.78, 5) is 12.6. The van der Waals surface area contributed by atoms with Crippen molar-refractivity contribution < 1.29 is 4.79 Å². The number of rotatable bonds is 2. The van der Waals surface area contributed by atoms with E-state index < -0.39 is 0 Å². The van der Waals surface area contributed by atoms with Crippen LogP contribution >= 0.6 is 34.5 Å². The van der Waals surface area contributed by atoms with E-state index in [1.165, 1.54) is 11.3 Å². The fourth-order valence-corrected chi connectivity index (χ4v) is 2.57. The zero-order chi connectivity index (χ0) is 11.7. The first kappa shape index (κ1) is 11.5. The topological polar surface area (TPSA) is 43.1 Å². The molecule has 0 spiro atoms. The van der Waals surface area contributed by atoms with Crippen molar-refractivity contribution in [3.05, 3.63) is 50.1 Å². The quantitative estimate of drug-likeness (QED) is 0.666. The number of hydrogen-bond acceptors (Lipinski definition) is 3. The van der Waals surface area contributed by atoms with Gasteiger partial charge in [-0.25, -0.2) is 0 Å². The summed E-state index contributed by atoms with van der Waals surface area (Å²) >= 11 is 13.0. The molecule has 0 saturated carbocycles. The lowest BCUT2D eigenvalue weighted by Crippen LogP contribution is -2.03. The predicted octanol–water partition coefficient (Wildman–Crippen LogP) is 3.87. The highest BCUT2D eigenvalue weighted by molar-refractivity contribution is 7.13. The highest BCUT2D eigenvalue weighted by Gasteiger charge is 2.16. The van der Waals surface area contributed by atoms with E-state index in [2.05, 4.69) is 0 Å². The number of carbonyl (C=O) groups excluding carboxylic acids is 1. The van der Waals surface area contributed by atoms with Crippen LogP contribution in [0.2, 0.25) is 10.0 Å². The third-order valence-corrected chi connectivity index (χ3v) is 3.66. The van der Waals surface area contributed by atoms with Crippen molar-refractivity contribution in [3.8, 4) is 0 Å². The van der Waals surface area contributed by atoms with Gasteiger partial charge in [-0.15, -0.1) is 11.3 Å². The first-order valence-electron chi connectivity index (χ1n) is 4.42. The standard InChI is InChI=1S/C11H7Cl2NOS/c12-6-1-2-9(14)7(5-6)10(15)11-8(13)3-4-16-11/h1-5H,14H2. The summed E-state index contributed by atoms with van der Waals surface area (Å²) in [5, 5.41) is 2.68. The summed E-state index contributed by atoms with van der Waals surface area (Å²) in [6.07, 6.45) is 0. The van der Waals surface area contributed by atoms with E-state index >= 15 is 0 Å². The van der Waals surface area contributed by atoms with Gasteiger partial charge in [0.2, 0.25) is 5.78 Å². The minimum atomic E-state index is -0.194. The summed E-state index contributed by atoms with van der Waals surface area (Å²) in [5.41, 5.74) is 6.52. The minimum absolute atomic E-state index is 0.194. The number of carbonyl (C=O) groups is 1. The summed E-state index contributed by atoms with van der Waals surface area (Å²) in [5.74, 6) is -0.194. The van der Waals surface area contributed by atoms with Crippen LogP contribution in [0.1, 0.15) is 15.2 Å². The Morgan fingerprint density at radius 1 is 1.25 bits per heavy atom. The first-order chi connectivity index (χ1) is 7.59. The van der Waals surface area contributed by atoms with Gasteiger partial charge in [0.25, 0.3) is 0 Å². The van der Waals surface area contributed by atoms with Gasteiger partial charge in [-0.05, 0) is 29.6 Å². The maximum atomic E-state index is 12.1. The molecule has 16 heavy (non-hydrogen) atoms. The molecule has 0 atom stereocenters. The molecule has 0 aliphatic heterocycles. The van der Waals surface area contributed by atoms with Crippen LogP contribution in [0, 0.1) is 0 Å². The molecule has 0 fully saturated rings. The Kier molecular flexibility index (Phi) is 3.19. The molecule has 1 aromatic heterocycles. The molecule has 0 unspecified atom stereocenters. The highest BCUT2D eigenvalue weighted by Crippen LogP contribution is 2.28. The molecule has 0 aliphatic carbocycles. The van der Waals surface area contributed by atoms with Gasteiger partial charge in [-0.2, -0.15) is 0 Å². The van der Waals surface area contributed by atoms with E-state index in [4.69, 9.17) is 28.9 Å². The number of anilines is 1. The Labute approximate surface area is 107 Å². The van der Waals surface area contributed by atoms with Crippen LogP contribution in [-0.4, -0.2) is 5.78 Å². The Morgan fingerprint density at radius 3 is 2.62 bits per heavy atom. The molecule has 2 aromatic rings. The average Bonchev–Trinajstić information content (AvgIpc) is 2.67. The van der Waals surface area contributed by atoms with E-state index in [-0.39, 0.29) is 5.78 Å². The molecule has 0 bridgehead atoms. The maximum Gasteiger partial charge on any atom is 0.206 e. The van der Waals surface area contributed by atoms with Crippen molar-refractivity contribution in [2.75, 3.05) is 5.73 Å². The third kappa shape index (κ3) is 2.07. The monoisotopic (exact) mass is 271 g/mol. The van der Waals surface area contributed by atoms with Crippen molar-refractivity contribution in [2.24, 2.45) is 0 Å². The molecule has 2 rings (SSSR count). The fraction of sp³-hybridized carbons (Fsp3) is 0. The molecular weight excluding hydrogens is 265 g/mol. The van der Waals surface area contributed by atoms with Crippen LogP contribution in [0.5, 0.6) is 0 Å². The second-order valence-corrected chi connectivity index (χ2v) is 4.92. The fourth-order valence-electron chi connectivity index (χ4n) is 1.30. The molecule has 2 nitrogen and oxygen atoms in total. The SMILES string of the molecule is Nc1ccc(Cl)cc1C(=O)c1sccc1Cl. The van der Waals surface area contributed by atoms with Crippen LogP contribution in [-0.2, 0) is 0 Å². The lowest BCUT2D eigenvalue weighted by molar-refractivity contribution is 0.104. The van der Waals surface area contributed by atoms with Crippen LogP contribution in [0.25, 0.3) is 0 Å². The number of nitrogen functional groups attached to an aromatic ring is 1. The van der Waals surface area contributed by atoms with Gasteiger partial charge in [-0.1, -0.05) is 23.2 Å². The number of halogens is 2. The summed E-state index contributed by atoms with van der Waals surface area (Å²) in [6, 6.07) is 6.48. The van der Waals surface area contributed by atoms with Crippen molar-refractivity contribution >= 4 is 46.0 Å². The molecule has 1 aromatic carbocycles. The zero-order valence-electron chi connectivity index (χ0n) is 8.04. The predicted molar refractivity (Wildman–Crippen MR) is 68.6 cm³/mol. The van der Waals surface area contributed by atoms with E-state index in [0.29, 0.717) is 26.2 Å². The summed E-state index contributed by atoms with van der Waals surface area (Å²) in [7, 11) is 0. The Balaban J connectivity index is 2.49. The molecule has 5 heteroatoms. The minimum Gasteiger partial charge on any atom is -0.398 e. The first-order valence-corrected chi connectivity index (χ1v) is 6.06. The molecule has 0 amide bonds. The Hall–Kier alpha value is -1.03. The van der Waals surface area contributed by atoms with Gasteiger partial charge in [-0.3, -0.25) is 4.79 Å². The highest BCUT2D eigenvalue weighted by atomic mass is 35.5. The van der Waals surface area contributed by atoms with Crippen molar-refractivity contribution in [3.63, 3.8) is 0 Å². The van der Waals surface area contributed by atoms with Crippen LogP contribution < -0.4 is 5.73 Å². The van der Waals surface area contributed by atoms with Crippen LogP contribution in [0.15, 0.2) is 29.6 Å². The second-order valence-electron chi connectivity index (χ2n) is 3.16. The van der Waals surface area contributed by atoms with Crippen LogP contribution in [0.4, 0.5) is 5.69 Å². The molecule has 0 radical (unpaired) electrons. The smallest absolute Gasteiger partial charge is 0.206 e. The van der Waals surface area contributed by atoms with E-state index in [0.717, 1.165) is 0 Å². The summed E-state index contributed by atoms with van der Waals surface area (Å²) < 4.78 is 0. The number of benzene rings is 1. The van der Waals surface area contributed by atoms with E-state index in [1.807, 2.05) is 0 Å². The van der Waals surface area contributed by atoms with Gasteiger partial charge in [0.15, 0.2) is 0 Å². The number of nitrogens with two attached hydrogens (primary N) is 1. The zero-order valence-corrected chi connectivity index (χ0v) is 10.4. The molecule has 0 saturated heterocycles. The second kappa shape index (κ2) is 4.45. The molecule has 0 aliphatic rings. The maximum absolute atomic E-state index is 12.1. The van der Waals surface area contributed by atoms with E-state index in [1.54, 1.807) is 29.6 Å². The van der Waals surface area contributed by atoms with Gasteiger partial charge in [0.05, 0.1) is 9.90 Å². The van der Waals surface area contributed by atoms with Crippen molar-refractivity contribution in [1.82, 2.24) is 0 Å². The van der Waals surface area contributed by atoms with Crippen LogP contribution in [0.3, 0.4) is 0 Å². The van der Waals surface area contributed by atoms with E-state index in [9.17, 15) is 4.79 Å². The average molecular weight is 272 g/mol.